The number of carbonyl (C=O) groups excluding carboxylic acids is 1. The second kappa shape index (κ2) is 9.88. The number of halogens is 1. The van der Waals surface area contributed by atoms with Crippen molar-refractivity contribution in [3.63, 3.8) is 0 Å². The lowest BCUT2D eigenvalue weighted by molar-refractivity contribution is -0.123. The van der Waals surface area contributed by atoms with E-state index in [9.17, 15) is 14.3 Å². The van der Waals surface area contributed by atoms with Crippen molar-refractivity contribution in [2.45, 2.75) is 13.2 Å². The van der Waals surface area contributed by atoms with Gasteiger partial charge in [0.25, 0.3) is 0 Å². The van der Waals surface area contributed by atoms with Gasteiger partial charge in [-0.25, -0.2) is 9.37 Å². The highest BCUT2D eigenvalue weighted by Gasteiger charge is 2.12. The molecule has 0 atom stereocenters. The molecule has 3 rings (SSSR count). The molecule has 6 N–H and O–H groups in total. The van der Waals surface area contributed by atoms with Gasteiger partial charge >= 0.3 is 0 Å². The molecule has 0 spiro atoms. The SMILES string of the molecule is COCc1ccc(Nc2ccc(O)c(-c3ccc(CNC(=O)CO)c(N)n3)c2)c(F)c1. The number of rotatable bonds is 8. The van der Waals surface area contributed by atoms with Gasteiger partial charge in [0.1, 0.15) is 24.0 Å². The second-order valence-electron chi connectivity index (χ2n) is 6.78. The van der Waals surface area contributed by atoms with Gasteiger partial charge in [-0.15, -0.1) is 0 Å². The fourth-order valence-corrected chi connectivity index (χ4v) is 2.94. The number of pyridine rings is 1. The molecule has 2 aromatic carbocycles. The number of benzene rings is 2. The number of nitrogen functional groups attached to an aromatic ring is 1. The topological polar surface area (TPSA) is 130 Å². The smallest absolute Gasteiger partial charge is 0.245 e. The van der Waals surface area contributed by atoms with Crippen LogP contribution < -0.4 is 16.4 Å². The zero-order chi connectivity index (χ0) is 22.4. The Bertz CT molecular complexity index is 1090. The van der Waals surface area contributed by atoms with Crippen LogP contribution in [0, 0.1) is 5.82 Å². The summed E-state index contributed by atoms with van der Waals surface area (Å²) in [7, 11) is 1.54. The number of phenols is 1. The van der Waals surface area contributed by atoms with E-state index >= 15 is 0 Å². The Kier molecular flexibility index (Phi) is 7.01. The summed E-state index contributed by atoms with van der Waals surface area (Å²) in [5, 5.41) is 24.6. The van der Waals surface area contributed by atoms with E-state index in [0.717, 1.165) is 0 Å². The lowest BCUT2D eigenvalue weighted by atomic mass is 10.1. The summed E-state index contributed by atoms with van der Waals surface area (Å²) in [5.74, 6) is -0.800. The maximum absolute atomic E-state index is 14.4. The number of phenolic OH excluding ortho intramolecular Hbond substituents is 1. The molecule has 1 amide bonds. The Morgan fingerprint density at radius 3 is 2.68 bits per heavy atom. The van der Waals surface area contributed by atoms with Gasteiger partial charge in [0.15, 0.2) is 0 Å². The maximum Gasteiger partial charge on any atom is 0.245 e. The fourth-order valence-electron chi connectivity index (χ4n) is 2.94. The summed E-state index contributed by atoms with van der Waals surface area (Å²) in [4.78, 5) is 15.5. The zero-order valence-electron chi connectivity index (χ0n) is 16.9. The Hall–Kier alpha value is -3.69. The molecule has 162 valence electrons. The number of carbonyl (C=O) groups is 1. The number of methoxy groups -OCH3 is 1. The number of hydrogen-bond donors (Lipinski definition) is 5. The first-order valence-corrected chi connectivity index (χ1v) is 9.42. The summed E-state index contributed by atoms with van der Waals surface area (Å²) >= 11 is 0. The van der Waals surface area contributed by atoms with Crippen LogP contribution in [0.1, 0.15) is 11.1 Å². The summed E-state index contributed by atoms with van der Waals surface area (Å²) in [6.45, 7) is -0.188. The highest BCUT2D eigenvalue weighted by Crippen LogP contribution is 2.33. The normalized spacial score (nSPS) is 10.7. The van der Waals surface area contributed by atoms with Gasteiger partial charge in [-0.1, -0.05) is 12.1 Å². The van der Waals surface area contributed by atoms with Crippen molar-refractivity contribution >= 4 is 23.1 Å². The molecule has 1 heterocycles. The van der Waals surface area contributed by atoms with Gasteiger partial charge in [-0.2, -0.15) is 0 Å². The third kappa shape index (κ3) is 5.47. The molecule has 9 heteroatoms. The number of aromatic nitrogens is 1. The molecular weight excluding hydrogens is 403 g/mol. The van der Waals surface area contributed by atoms with Crippen LogP contribution in [-0.4, -0.2) is 34.8 Å². The van der Waals surface area contributed by atoms with Gasteiger partial charge in [0.05, 0.1) is 18.0 Å². The molecule has 0 fully saturated rings. The highest BCUT2D eigenvalue weighted by atomic mass is 19.1. The van der Waals surface area contributed by atoms with Crippen LogP contribution >= 0.6 is 0 Å². The Labute approximate surface area is 178 Å². The molecule has 0 unspecified atom stereocenters. The van der Waals surface area contributed by atoms with Crippen molar-refractivity contribution in [2.75, 3.05) is 24.8 Å². The molecule has 31 heavy (non-hydrogen) atoms. The van der Waals surface area contributed by atoms with Crippen LogP contribution in [0.5, 0.6) is 5.75 Å². The van der Waals surface area contributed by atoms with E-state index in [-0.39, 0.29) is 23.8 Å². The van der Waals surface area contributed by atoms with Gasteiger partial charge in [-0.05, 0) is 42.0 Å². The number of ether oxygens (including phenoxy) is 1. The number of aliphatic hydroxyl groups is 1. The van der Waals surface area contributed by atoms with Gasteiger partial charge in [-0.3, -0.25) is 4.79 Å². The number of nitrogens with two attached hydrogens (primary N) is 1. The van der Waals surface area contributed by atoms with E-state index in [1.807, 2.05) is 0 Å². The van der Waals surface area contributed by atoms with Crippen molar-refractivity contribution in [1.29, 1.82) is 0 Å². The van der Waals surface area contributed by atoms with Crippen molar-refractivity contribution in [3.8, 4) is 17.0 Å². The van der Waals surface area contributed by atoms with Crippen molar-refractivity contribution in [3.05, 3.63) is 65.5 Å². The standard InChI is InChI=1S/C22H23FN4O4/c1-31-12-13-2-5-19(17(23)8-13)26-15-4-7-20(29)16(9-15)18-6-3-14(22(24)27-18)10-25-21(30)11-28/h2-9,26,28-29H,10-12H2,1H3,(H2,24,27)(H,25,30). The second-order valence-corrected chi connectivity index (χ2v) is 6.78. The molecule has 0 radical (unpaired) electrons. The van der Waals surface area contributed by atoms with Crippen LogP contribution in [0.15, 0.2) is 48.5 Å². The van der Waals surface area contributed by atoms with E-state index in [2.05, 4.69) is 15.6 Å². The van der Waals surface area contributed by atoms with Crippen LogP contribution in [0.3, 0.4) is 0 Å². The minimum atomic E-state index is -0.616. The number of nitrogens with zero attached hydrogens (tertiary/aromatic N) is 1. The third-order valence-corrected chi connectivity index (χ3v) is 4.53. The summed E-state index contributed by atoms with van der Waals surface area (Å²) in [6.07, 6.45) is 0. The average Bonchev–Trinajstić information content (AvgIpc) is 2.76. The van der Waals surface area contributed by atoms with E-state index in [1.165, 1.54) is 12.1 Å². The lowest BCUT2D eigenvalue weighted by Gasteiger charge is -2.13. The van der Waals surface area contributed by atoms with E-state index < -0.39 is 18.3 Å². The molecule has 0 aliphatic carbocycles. The van der Waals surface area contributed by atoms with Gasteiger partial charge in [0.2, 0.25) is 5.91 Å². The first-order chi connectivity index (χ1) is 14.9. The number of anilines is 3. The molecule has 1 aromatic heterocycles. The molecule has 0 aliphatic heterocycles. The van der Waals surface area contributed by atoms with Crippen molar-refractivity contribution < 1.29 is 24.1 Å². The van der Waals surface area contributed by atoms with E-state index in [1.54, 1.807) is 43.5 Å². The minimum Gasteiger partial charge on any atom is -0.507 e. The number of aromatic hydroxyl groups is 1. The summed E-state index contributed by atoms with van der Waals surface area (Å²) < 4.78 is 19.4. The Morgan fingerprint density at radius 1 is 1.19 bits per heavy atom. The van der Waals surface area contributed by atoms with E-state index in [0.29, 0.717) is 34.7 Å². The first-order valence-electron chi connectivity index (χ1n) is 9.42. The fraction of sp³-hybridized carbons (Fsp3) is 0.182. The van der Waals surface area contributed by atoms with Crippen molar-refractivity contribution in [2.24, 2.45) is 0 Å². The van der Waals surface area contributed by atoms with Crippen LogP contribution in [0.25, 0.3) is 11.3 Å². The van der Waals surface area contributed by atoms with Crippen LogP contribution in [-0.2, 0) is 22.7 Å². The highest BCUT2D eigenvalue weighted by molar-refractivity contribution is 5.77. The van der Waals surface area contributed by atoms with Crippen LogP contribution in [0.4, 0.5) is 21.6 Å². The predicted octanol–water partition coefficient (Wildman–Crippen LogP) is 2.67. The molecule has 0 aliphatic rings. The summed E-state index contributed by atoms with van der Waals surface area (Å²) in [6, 6.07) is 12.8. The quantitative estimate of drug-likeness (QED) is 0.350. The molecule has 0 bridgehead atoms. The number of aliphatic hydroxyl groups excluding tert-OH is 1. The molecule has 0 saturated carbocycles. The van der Waals surface area contributed by atoms with Crippen molar-refractivity contribution in [1.82, 2.24) is 10.3 Å². The Balaban J connectivity index is 1.83. The number of hydrogen-bond acceptors (Lipinski definition) is 7. The largest absolute Gasteiger partial charge is 0.507 e. The monoisotopic (exact) mass is 426 g/mol. The Morgan fingerprint density at radius 2 is 2.00 bits per heavy atom. The third-order valence-electron chi connectivity index (χ3n) is 4.53. The average molecular weight is 426 g/mol. The first kappa shape index (κ1) is 22.0. The summed E-state index contributed by atoms with van der Waals surface area (Å²) in [5.41, 5.74) is 8.89. The predicted molar refractivity (Wildman–Crippen MR) is 115 cm³/mol. The molecule has 8 nitrogen and oxygen atoms in total. The number of amides is 1. The molecule has 3 aromatic rings. The number of nitrogens with one attached hydrogen (secondary N) is 2. The van der Waals surface area contributed by atoms with Gasteiger partial charge < -0.3 is 31.3 Å². The minimum absolute atomic E-state index is 0.0188. The molecular formula is C22H23FN4O4. The molecule has 0 saturated heterocycles. The lowest BCUT2D eigenvalue weighted by Crippen LogP contribution is -2.26. The van der Waals surface area contributed by atoms with Crippen LogP contribution in [0.2, 0.25) is 0 Å². The zero-order valence-corrected chi connectivity index (χ0v) is 16.9. The van der Waals surface area contributed by atoms with Gasteiger partial charge in [0, 0.05) is 30.5 Å². The maximum atomic E-state index is 14.4. The van der Waals surface area contributed by atoms with E-state index in [4.69, 9.17) is 15.6 Å².